The molecule has 0 amide bonds. The molecule has 2 aliphatic heterocycles. The molecule has 0 spiro atoms. The third-order valence-electron chi connectivity index (χ3n) is 4.25. The molecule has 1 fully saturated rings. The first-order valence-electron chi connectivity index (χ1n) is 8.15. The predicted octanol–water partition coefficient (Wildman–Crippen LogP) is 4.16. The molecule has 2 rings (SSSR count). The Morgan fingerprint density at radius 3 is 2.13 bits per heavy atom. The summed E-state index contributed by atoms with van der Waals surface area (Å²) in [4.78, 5) is 4.35. The van der Waals surface area contributed by atoms with Crippen molar-refractivity contribution in [3.63, 3.8) is 0 Å². The van der Waals surface area contributed by atoms with Crippen molar-refractivity contribution >= 4 is 22.3 Å². The van der Waals surface area contributed by atoms with Crippen molar-refractivity contribution in [1.29, 1.82) is 0 Å². The van der Waals surface area contributed by atoms with Crippen LogP contribution in [0.1, 0.15) is 48.5 Å². The molecule has 0 aromatic rings. The Bertz CT molecular complexity index is 535. The third-order valence-corrected chi connectivity index (χ3v) is 4.64. The highest BCUT2D eigenvalue weighted by atomic mass is 31.0. The van der Waals surface area contributed by atoms with Crippen molar-refractivity contribution in [2.24, 2.45) is 4.99 Å². The van der Waals surface area contributed by atoms with Crippen LogP contribution < -0.4 is 0 Å². The molecular formula is C17H30BN2O2P. The number of nitrogens with zero attached hydrogens (tertiary/aromatic N) is 2. The lowest BCUT2D eigenvalue weighted by atomic mass is 9.75. The molecule has 0 aromatic heterocycles. The Morgan fingerprint density at radius 1 is 1.17 bits per heavy atom. The maximum absolute atomic E-state index is 6.15. The molecule has 2 heterocycles. The molecular weight excluding hydrogens is 306 g/mol. The highest BCUT2D eigenvalue weighted by Crippen LogP contribution is 2.41. The van der Waals surface area contributed by atoms with Gasteiger partial charge >= 0.3 is 7.12 Å². The van der Waals surface area contributed by atoms with Crippen molar-refractivity contribution in [2.75, 3.05) is 7.05 Å². The highest BCUT2D eigenvalue weighted by molar-refractivity contribution is 7.15. The minimum atomic E-state index is -0.381. The van der Waals surface area contributed by atoms with Crippen LogP contribution in [0.4, 0.5) is 0 Å². The fourth-order valence-electron chi connectivity index (χ4n) is 2.31. The van der Waals surface area contributed by atoms with Crippen LogP contribution in [0.15, 0.2) is 40.5 Å². The Labute approximate surface area is 144 Å². The van der Waals surface area contributed by atoms with Gasteiger partial charge in [-0.3, -0.25) is 4.99 Å². The Balaban J connectivity index is 0.00000127. The first kappa shape index (κ1) is 20.2. The SMILES string of the molecule is C/C=C\C=C1\C(B2OC(C)(C)C(C)(C)O2)=CN(P)C1=NC.CC. The van der Waals surface area contributed by atoms with E-state index in [9.17, 15) is 0 Å². The lowest BCUT2D eigenvalue weighted by molar-refractivity contribution is 0.00578. The Hall–Kier alpha value is -0.895. The summed E-state index contributed by atoms with van der Waals surface area (Å²) in [5.41, 5.74) is 1.34. The second kappa shape index (κ2) is 7.78. The van der Waals surface area contributed by atoms with E-state index in [1.54, 1.807) is 7.05 Å². The van der Waals surface area contributed by atoms with Crippen molar-refractivity contribution in [3.05, 3.63) is 35.5 Å². The van der Waals surface area contributed by atoms with Gasteiger partial charge in [0.15, 0.2) is 0 Å². The number of hydrogen-bond donors (Lipinski definition) is 0. The van der Waals surface area contributed by atoms with E-state index >= 15 is 0 Å². The van der Waals surface area contributed by atoms with E-state index < -0.39 is 0 Å². The van der Waals surface area contributed by atoms with Crippen LogP contribution in [0.2, 0.25) is 0 Å². The highest BCUT2D eigenvalue weighted by Gasteiger charge is 2.54. The zero-order chi connectivity index (χ0) is 17.8. The van der Waals surface area contributed by atoms with Crippen LogP contribution in [0.3, 0.4) is 0 Å². The quantitative estimate of drug-likeness (QED) is 0.561. The van der Waals surface area contributed by atoms with Crippen LogP contribution >= 0.6 is 9.39 Å². The van der Waals surface area contributed by atoms with E-state index in [1.165, 1.54) is 0 Å². The molecule has 1 atom stereocenters. The maximum atomic E-state index is 6.15. The average molecular weight is 336 g/mol. The molecule has 0 aliphatic carbocycles. The minimum absolute atomic E-state index is 0.345. The lowest BCUT2D eigenvalue weighted by Crippen LogP contribution is -2.41. The van der Waals surface area contributed by atoms with Crippen LogP contribution in [0.25, 0.3) is 0 Å². The molecule has 0 bridgehead atoms. The van der Waals surface area contributed by atoms with Gasteiger partial charge in [0.2, 0.25) is 0 Å². The third kappa shape index (κ3) is 3.96. The predicted molar refractivity (Wildman–Crippen MR) is 103 cm³/mol. The molecule has 23 heavy (non-hydrogen) atoms. The van der Waals surface area contributed by atoms with Crippen molar-refractivity contribution in [1.82, 2.24) is 4.67 Å². The number of amidine groups is 1. The van der Waals surface area contributed by atoms with Gasteiger partial charge in [0.25, 0.3) is 0 Å². The summed E-state index contributed by atoms with van der Waals surface area (Å²) in [6.45, 7) is 14.2. The standard InChI is InChI=1S/C15H24BN2O2P.C2H6/c1-7-8-9-11-12(10-18(21)13(11)17-6)16-19-14(2,3)15(4,5)20-16;1-2/h7-10H,21H2,1-6H3;1-2H3/b8-7-,11-9-,17-13?;. The van der Waals surface area contributed by atoms with E-state index in [-0.39, 0.29) is 18.3 Å². The number of aliphatic imine (C=N–C) groups is 1. The summed E-state index contributed by atoms with van der Waals surface area (Å²) in [7, 11) is 4.07. The average Bonchev–Trinajstić information content (AvgIpc) is 2.92. The molecule has 4 nitrogen and oxygen atoms in total. The molecule has 2 aliphatic rings. The van der Waals surface area contributed by atoms with E-state index in [2.05, 4.69) is 42.1 Å². The fraction of sp³-hybridized carbons (Fsp3) is 0.588. The van der Waals surface area contributed by atoms with Gasteiger partial charge in [0.1, 0.15) is 5.84 Å². The molecule has 1 unspecified atom stereocenters. The zero-order valence-corrected chi connectivity index (χ0v) is 16.8. The molecule has 0 saturated carbocycles. The molecule has 0 aromatic carbocycles. The van der Waals surface area contributed by atoms with Gasteiger partial charge in [-0.05, 0) is 44.0 Å². The summed E-state index contributed by atoms with van der Waals surface area (Å²) >= 11 is 0. The molecule has 0 N–H and O–H groups in total. The summed E-state index contributed by atoms with van der Waals surface area (Å²) in [6.07, 6.45) is 8.05. The van der Waals surface area contributed by atoms with Crippen LogP contribution in [-0.2, 0) is 9.31 Å². The second-order valence-corrected chi connectivity index (χ2v) is 6.79. The first-order valence-corrected chi connectivity index (χ1v) is 8.67. The monoisotopic (exact) mass is 336 g/mol. The largest absolute Gasteiger partial charge is 0.497 e. The van der Waals surface area contributed by atoms with E-state index in [0.29, 0.717) is 0 Å². The van der Waals surface area contributed by atoms with E-state index in [0.717, 1.165) is 16.9 Å². The normalized spacial score (nSPS) is 26.0. The molecule has 128 valence electrons. The van der Waals surface area contributed by atoms with Crippen LogP contribution in [0, 0.1) is 0 Å². The fourth-order valence-corrected chi connectivity index (χ4v) is 2.72. The van der Waals surface area contributed by atoms with Crippen LogP contribution in [0.5, 0.6) is 0 Å². The first-order chi connectivity index (χ1) is 10.7. The van der Waals surface area contributed by atoms with Gasteiger partial charge in [-0.2, -0.15) is 0 Å². The maximum Gasteiger partial charge on any atom is 0.497 e. The molecule has 0 radical (unpaired) electrons. The van der Waals surface area contributed by atoms with Crippen LogP contribution in [-0.4, -0.2) is 35.9 Å². The van der Waals surface area contributed by atoms with Crippen molar-refractivity contribution in [2.45, 2.75) is 59.7 Å². The van der Waals surface area contributed by atoms with Gasteiger partial charge in [-0.1, -0.05) is 32.1 Å². The van der Waals surface area contributed by atoms with E-state index in [1.807, 2.05) is 49.9 Å². The zero-order valence-electron chi connectivity index (χ0n) is 15.7. The second-order valence-electron chi connectivity index (χ2n) is 6.23. The van der Waals surface area contributed by atoms with Crippen molar-refractivity contribution < 1.29 is 9.31 Å². The Kier molecular flexibility index (Phi) is 6.82. The summed E-state index contributed by atoms with van der Waals surface area (Å²) in [5.74, 6) is 0.891. The van der Waals surface area contributed by atoms with Gasteiger partial charge in [-0.25, -0.2) is 0 Å². The molecule has 1 saturated heterocycles. The summed E-state index contributed by atoms with van der Waals surface area (Å²) < 4.78 is 14.2. The number of hydrogen-bond acceptors (Lipinski definition) is 3. The summed E-state index contributed by atoms with van der Waals surface area (Å²) in [5, 5.41) is 0. The van der Waals surface area contributed by atoms with Gasteiger partial charge in [0.05, 0.1) is 11.2 Å². The van der Waals surface area contributed by atoms with Gasteiger partial charge in [0, 0.05) is 24.3 Å². The number of rotatable bonds is 2. The minimum Gasteiger partial charge on any atom is -0.399 e. The lowest BCUT2D eigenvalue weighted by Gasteiger charge is -2.32. The van der Waals surface area contributed by atoms with Gasteiger partial charge in [-0.15, -0.1) is 0 Å². The topological polar surface area (TPSA) is 34.1 Å². The van der Waals surface area contributed by atoms with E-state index in [4.69, 9.17) is 9.31 Å². The number of allylic oxidation sites excluding steroid dienone is 3. The molecule has 6 heteroatoms. The summed E-state index contributed by atoms with van der Waals surface area (Å²) in [6, 6.07) is 0. The smallest absolute Gasteiger partial charge is 0.399 e. The van der Waals surface area contributed by atoms with Gasteiger partial charge < -0.3 is 14.0 Å². The van der Waals surface area contributed by atoms with Crippen molar-refractivity contribution in [3.8, 4) is 0 Å². The Morgan fingerprint density at radius 2 is 1.70 bits per heavy atom.